The SMILES string of the molecule is COc1ccccc1CCNc1nccc(C(=O)NC(C)c2ccccc2)n1. The van der Waals surface area contributed by atoms with E-state index in [1.54, 1.807) is 19.4 Å². The molecule has 0 aliphatic heterocycles. The minimum Gasteiger partial charge on any atom is -0.496 e. The number of anilines is 1. The van der Waals surface area contributed by atoms with Crippen LogP contribution >= 0.6 is 0 Å². The molecule has 0 radical (unpaired) electrons. The molecule has 28 heavy (non-hydrogen) atoms. The fraction of sp³-hybridized carbons (Fsp3) is 0.227. The van der Waals surface area contributed by atoms with Crippen LogP contribution in [0.5, 0.6) is 5.75 Å². The van der Waals surface area contributed by atoms with Crippen molar-refractivity contribution in [1.82, 2.24) is 15.3 Å². The molecule has 6 heteroatoms. The number of carbonyl (C=O) groups is 1. The summed E-state index contributed by atoms with van der Waals surface area (Å²) in [6.45, 7) is 2.58. The summed E-state index contributed by atoms with van der Waals surface area (Å²) in [5.74, 6) is 1.05. The molecule has 144 valence electrons. The molecule has 1 aromatic heterocycles. The number of aromatic nitrogens is 2. The molecule has 2 aromatic carbocycles. The molecule has 1 unspecified atom stereocenters. The van der Waals surface area contributed by atoms with Crippen LogP contribution in [0.1, 0.15) is 34.6 Å². The molecule has 0 fully saturated rings. The maximum atomic E-state index is 12.5. The number of carbonyl (C=O) groups excluding carboxylic acids is 1. The van der Waals surface area contributed by atoms with Gasteiger partial charge in [-0.15, -0.1) is 0 Å². The summed E-state index contributed by atoms with van der Waals surface area (Å²) in [7, 11) is 1.66. The highest BCUT2D eigenvalue weighted by atomic mass is 16.5. The Morgan fingerprint density at radius 3 is 2.61 bits per heavy atom. The van der Waals surface area contributed by atoms with Gasteiger partial charge < -0.3 is 15.4 Å². The van der Waals surface area contributed by atoms with Gasteiger partial charge in [-0.25, -0.2) is 9.97 Å². The van der Waals surface area contributed by atoms with Crippen LogP contribution in [0.2, 0.25) is 0 Å². The lowest BCUT2D eigenvalue weighted by Crippen LogP contribution is -2.27. The summed E-state index contributed by atoms with van der Waals surface area (Å²) < 4.78 is 5.36. The summed E-state index contributed by atoms with van der Waals surface area (Å²) >= 11 is 0. The lowest BCUT2D eigenvalue weighted by atomic mass is 10.1. The first-order valence-electron chi connectivity index (χ1n) is 9.22. The van der Waals surface area contributed by atoms with Crippen LogP contribution in [0.15, 0.2) is 66.9 Å². The predicted molar refractivity (Wildman–Crippen MR) is 110 cm³/mol. The Hall–Kier alpha value is -3.41. The molecule has 0 spiro atoms. The lowest BCUT2D eigenvalue weighted by Gasteiger charge is -2.14. The highest BCUT2D eigenvalue weighted by Gasteiger charge is 2.13. The van der Waals surface area contributed by atoms with E-state index in [1.807, 2.05) is 61.5 Å². The molecule has 2 N–H and O–H groups in total. The van der Waals surface area contributed by atoms with E-state index in [0.29, 0.717) is 18.2 Å². The second-order valence-electron chi connectivity index (χ2n) is 6.36. The van der Waals surface area contributed by atoms with Crippen molar-refractivity contribution in [3.05, 3.63) is 83.7 Å². The lowest BCUT2D eigenvalue weighted by molar-refractivity contribution is 0.0935. The van der Waals surface area contributed by atoms with Gasteiger partial charge in [0.1, 0.15) is 11.4 Å². The smallest absolute Gasteiger partial charge is 0.270 e. The highest BCUT2D eigenvalue weighted by molar-refractivity contribution is 5.92. The Balaban J connectivity index is 1.58. The number of methoxy groups -OCH3 is 1. The molecule has 1 heterocycles. The van der Waals surface area contributed by atoms with Gasteiger partial charge in [0.05, 0.1) is 13.2 Å². The van der Waals surface area contributed by atoms with Gasteiger partial charge in [0.2, 0.25) is 5.95 Å². The summed E-state index contributed by atoms with van der Waals surface area (Å²) in [5, 5.41) is 6.13. The van der Waals surface area contributed by atoms with E-state index in [2.05, 4.69) is 20.6 Å². The van der Waals surface area contributed by atoms with Gasteiger partial charge in [0, 0.05) is 12.7 Å². The molecule has 1 amide bonds. The van der Waals surface area contributed by atoms with E-state index < -0.39 is 0 Å². The average molecular weight is 376 g/mol. The van der Waals surface area contributed by atoms with Crippen LogP contribution < -0.4 is 15.4 Å². The number of hydrogen-bond acceptors (Lipinski definition) is 5. The van der Waals surface area contributed by atoms with Gasteiger partial charge >= 0.3 is 0 Å². The van der Waals surface area contributed by atoms with E-state index in [-0.39, 0.29) is 11.9 Å². The minimum atomic E-state index is -0.230. The second-order valence-corrected chi connectivity index (χ2v) is 6.36. The molecule has 0 aliphatic rings. The Morgan fingerprint density at radius 1 is 1.07 bits per heavy atom. The van der Waals surface area contributed by atoms with Crippen molar-refractivity contribution in [2.45, 2.75) is 19.4 Å². The Bertz CT molecular complexity index is 915. The first-order chi connectivity index (χ1) is 13.7. The molecule has 3 aromatic rings. The normalized spacial score (nSPS) is 11.5. The van der Waals surface area contributed by atoms with Crippen molar-refractivity contribution in [1.29, 1.82) is 0 Å². The number of nitrogens with one attached hydrogen (secondary N) is 2. The number of ether oxygens (including phenoxy) is 1. The van der Waals surface area contributed by atoms with E-state index in [9.17, 15) is 4.79 Å². The van der Waals surface area contributed by atoms with Gasteiger partial charge in [-0.2, -0.15) is 0 Å². The number of rotatable bonds is 8. The predicted octanol–water partition coefficient (Wildman–Crippen LogP) is 3.63. The molecule has 3 rings (SSSR count). The molecule has 0 saturated carbocycles. The maximum Gasteiger partial charge on any atom is 0.270 e. The zero-order chi connectivity index (χ0) is 19.8. The third-order valence-electron chi connectivity index (χ3n) is 4.41. The third kappa shape index (κ3) is 5.07. The largest absolute Gasteiger partial charge is 0.496 e. The zero-order valence-corrected chi connectivity index (χ0v) is 16.1. The quantitative estimate of drug-likeness (QED) is 0.628. The van der Waals surface area contributed by atoms with E-state index in [1.165, 1.54) is 0 Å². The molecule has 0 saturated heterocycles. The van der Waals surface area contributed by atoms with Gasteiger partial charge in [0.15, 0.2) is 0 Å². The Labute approximate surface area is 165 Å². The molecular formula is C22H24N4O2. The fourth-order valence-corrected chi connectivity index (χ4v) is 2.88. The van der Waals surface area contributed by atoms with Crippen molar-refractivity contribution in [2.24, 2.45) is 0 Å². The van der Waals surface area contributed by atoms with Crippen LogP contribution in [0.25, 0.3) is 0 Å². The van der Waals surface area contributed by atoms with Crippen LogP contribution in [0.4, 0.5) is 5.95 Å². The molecule has 1 atom stereocenters. The van der Waals surface area contributed by atoms with Crippen LogP contribution in [-0.4, -0.2) is 29.5 Å². The second kappa shape index (κ2) is 9.50. The van der Waals surface area contributed by atoms with Gasteiger partial charge in [-0.3, -0.25) is 4.79 Å². The van der Waals surface area contributed by atoms with Crippen molar-refractivity contribution in [2.75, 3.05) is 19.0 Å². The number of nitrogens with zero attached hydrogens (tertiary/aromatic N) is 2. The van der Waals surface area contributed by atoms with Crippen LogP contribution in [-0.2, 0) is 6.42 Å². The van der Waals surface area contributed by atoms with E-state index in [0.717, 1.165) is 23.3 Å². The molecule has 0 aliphatic carbocycles. The van der Waals surface area contributed by atoms with Crippen molar-refractivity contribution in [3.8, 4) is 5.75 Å². The maximum absolute atomic E-state index is 12.5. The Kier molecular flexibility index (Phi) is 6.57. The number of amides is 1. The standard InChI is InChI=1S/C22H24N4O2/c1-16(17-8-4-3-5-9-17)25-21(27)19-13-15-24-22(26-19)23-14-12-18-10-6-7-11-20(18)28-2/h3-11,13,15-16H,12,14H2,1-2H3,(H,25,27)(H,23,24,26). The van der Waals surface area contributed by atoms with E-state index in [4.69, 9.17) is 4.74 Å². The summed E-state index contributed by atoms with van der Waals surface area (Å²) in [6, 6.07) is 19.2. The number of benzene rings is 2. The van der Waals surface area contributed by atoms with Crippen molar-refractivity contribution in [3.63, 3.8) is 0 Å². The van der Waals surface area contributed by atoms with Crippen molar-refractivity contribution >= 4 is 11.9 Å². The fourth-order valence-electron chi connectivity index (χ4n) is 2.88. The molecule has 0 bridgehead atoms. The number of hydrogen-bond donors (Lipinski definition) is 2. The zero-order valence-electron chi connectivity index (χ0n) is 16.1. The summed E-state index contributed by atoms with van der Waals surface area (Å²) in [5.41, 5.74) is 2.47. The first-order valence-corrected chi connectivity index (χ1v) is 9.22. The third-order valence-corrected chi connectivity index (χ3v) is 4.41. The first kappa shape index (κ1) is 19.4. The summed E-state index contributed by atoms with van der Waals surface area (Å²) in [6.07, 6.45) is 2.34. The highest BCUT2D eigenvalue weighted by Crippen LogP contribution is 2.17. The van der Waals surface area contributed by atoms with Gasteiger partial charge in [0.25, 0.3) is 5.91 Å². The minimum absolute atomic E-state index is 0.106. The molecular weight excluding hydrogens is 352 g/mol. The topological polar surface area (TPSA) is 76.1 Å². The Morgan fingerprint density at radius 2 is 1.82 bits per heavy atom. The van der Waals surface area contributed by atoms with Crippen molar-refractivity contribution < 1.29 is 9.53 Å². The van der Waals surface area contributed by atoms with Crippen LogP contribution in [0.3, 0.4) is 0 Å². The monoisotopic (exact) mass is 376 g/mol. The van der Waals surface area contributed by atoms with Crippen LogP contribution in [0, 0.1) is 0 Å². The summed E-state index contributed by atoms with van der Waals surface area (Å²) in [4.78, 5) is 21.0. The van der Waals surface area contributed by atoms with Gasteiger partial charge in [-0.05, 0) is 36.6 Å². The van der Waals surface area contributed by atoms with Gasteiger partial charge in [-0.1, -0.05) is 48.5 Å². The number of para-hydroxylation sites is 1. The van der Waals surface area contributed by atoms with E-state index >= 15 is 0 Å². The average Bonchev–Trinajstić information content (AvgIpc) is 2.75. The molecule has 6 nitrogen and oxygen atoms in total.